The molecule has 0 aliphatic heterocycles. The molecule has 0 fully saturated rings. The van der Waals surface area contributed by atoms with Gasteiger partial charge >= 0.3 is 17.6 Å². The summed E-state index contributed by atoms with van der Waals surface area (Å²) in [6.45, 7) is 18.9. The molecule has 33 heavy (non-hydrogen) atoms. The number of hydrogen-bond donors (Lipinski definition) is 0. The van der Waals surface area contributed by atoms with E-state index in [0.29, 0.717) is 85.3 Å². The van der Waals surface area contributed by atoms with Crippen LogP contribution in [0.1, 0.15) is 54.4 Å². The molecule has 0 heterocycles. The van der Waals surface area contributed by atoms with Gasteiger partial charge < -0.3 is 40.8 Å². The van der Waals surface area contributed by atoms with Gasteiger partial charge in [-0.05, 0) is 54.4 Å². The lowest BCUT2D eigenvalue weighted by atomic mass is 10.5. The fourth-order valence-corrected chi connectivity index (χ4v) is 8.25. The predicted molar refractivity (Wildman–Crippen MR) is 133 cm³/mol. The van der Waals surface area contributed by atoms with Gasteiger partial charge in [0.25, 0.3) is 0 Å². The summed E-state index contributed by atoms with van der Waals surface area (Å²) < 4.78 is 52.0. The number of hydrogen-bond acceptors (Lipinski definition) is 9. The van der Waals surface area contributed by atoms with E-state index in [9.17, 15) is 0 Å². The minimum Gasteiger partial charge on any atom is -0.381 e. The first kappa shape index (κ1) is 33.1. The van der Waals surface area contributed by atoms with Gasteiger partial charge in [0.1, 0.15) is 0 Å². The van der Waals surface area contributed by atoms with E-state index in [0.717, 1.165) is 18.9 Å². The molecule has 11 heteroatoms. The zero-order chi connectivity index (χ0) is 24.7. The second-order valence-electron chi connectivity index (χ2n) is 7.01. The third-order valence-electron chi connectivity index (χ3n) is 4.46. The van der Waals surface area contributed by atoms with E-state index in [-0.39, 0.29) is 0 Å². The summed E-state index contributed by atoms with van der Waals surface area (Å²) in [5, 5.41) is 0. The summed E-state index contributed by atoms with van der Waals surface area (Å²) in [7, 11) is -5.18. The van der Waals surface area contributed by atoms with Crippen molar-refractivity contribution in [3.05, 3.63) is 0 Å². The van der Waals surface area contributed by atoms with Crippen LogP contribution < -0.4 is 0 Å². The molecule has 0 saturated carbocycles. The van der Waals surface area contributed by atoms with Crippen molar-refractivity contribution in [3.63, 3.8) is 0 Å². The highest BCUT2D eigenvalue weighted by atomic mass is 28.4. The Hall–Kier alpha value is 0.0738. The van der Waals surface area contributed by atoms with E-state index in [4.69, 9.17) is 40.8 Å². The molecular formula is C22H50O9Si2. The Morgan fingerprint density at radius 2 is 0.697 bits per heavy atom. The van der Waals surface area contributed by atoms with Gasteiger partial charge in [-0.3, -0.25) is 0 Å². The summed E-state index contributed by atoms with van der Waals surface area (Å²) in [6, 6.07) is 1.43. The van der Waals surface area contributed by atoms with Gasteiger partial charge in [0.15, 0.2) is 0 Å². The summed E-state index contributed by atoms with van der Waals surface area (Å²) in [4.78, 5) is 0. The molecule has 0 atom stereocenters. The molecule has 0 saturated heterocycles. The summed E-state index contributed by atoms with van der Waals surface area (Å²) >= 11 is 0. The van der Waals surface area contributed by atoms with Crippen LogP contribution in [0.15, 0.2) is 0 Å². The van der Waals surface area contributed by atoms with E-state index in [1.165, 1.54) is 0 Å². The average Bonchev–Trinajstić information content (AvgIpc) is 2.78. The number of ether oxygens (including phenoxy) is 3. The molecule has 0 unspecified atom stereocenters. The van der Waals surface area contributed by atoms with Gasteiger partial charge in [0, 0.05) is 71.6 Å². The molecule has 0 bridgehead atoms. The van der Waals surface area contributed by atoms with Crippen LogP contribution in [0, 0.1) is 0 Å². The summed E-state index contributed by atoms with van der Waals surface area (Å²) in [5.41, 5.74) is 0. The molecule has 0 radical (unpaired) electrons. The molecular weight excluding hydrogens is 464 g/mol. The zero-order valence-corrected chi connectivity index (χ0v) is 24.0. The van der Waals surface area contributed by atoms with Gasteiger partial charge in [-0.2, -0.15) is 0 Å². The zero-order valence-electron chi connectivity index (χ0n) is 22.0. The SMILES string of the molecule is CCO[Si](CCCOCCOCCCOCC[Si](OCC)(OCC)OCC)(OCC)OCC. The molecule has 0 aliphatic carbocycles. The third kappa shape index (κ3) is 16.4. The Kier molecular flexibility index (Phi) is 22.6. The lowest BCUT2D eigenvalue weighted by molar-refractivity contribution is 0.0306. The van der Waals surface area contributed by atoms with Crippen molar-refractivity contribution in [1.82, 2.24) is 0 Å². The minimum atomic E-state index is -2.61. The topological polar surface area (TPSA) is 83.1 Å². The van der Waals surface area contributed by atoms with Crippen LogP contribution in [0.3, 0.4) is 0 Å². The van der Waals surface area contributed by atoms with Crippen LogP contribution in [-0.2, 0) is 40.8 Å². The van der Waals surface area contributed by atoms with Crippen LogP contribution in [0.5, 0.6) is 0 Å². The monoisotopic (exact) mass is 514 g/mol. The highest BCUT2D eigenvalue weighted by Gasteiger charge is 2.40. The number of rotatable bonds is 26. The van der Waals surface area contributed by atoms with Crippen LogP contribution in [0.2, 0.25) is 12.1 Å². The molecule has 0 aromatic carbocycles. The van der Waals surface area contributed by atoms with Crippen LogP contribution in [0.25, 0.3) is 0 Å². The largest absolute Gasteiger partial charge is 0.503 e. The van der Waals surface area contributed by atoms with Gasteiger partial charge in [-0.1, -0.05) is 0 Å². The molecule has 0 N–H and O–H groups in total. The van der Waals surface area contributed by atoms with Crippen molar-refractivity contribution in [2.45, 2.75) is 66.5 Å². The lowest BCUT2D eigenvalue weighted by Crippen LogP contribution is -2.46. The van der Waals surface area contributed by atoms with Crippen molar-refractivity contribution in [2.24, 2.45) is 0 Å². The van der Waals surface area contributed by atoms with E-state index < -0.39 is 17.6 Å². The Morgan fingerprint density at radius 3 is 1.09 bits per heavy atom. The molecule has 0 aliphatic rings. The van der Waals surface area contributed by atoms with E-state index in [1.54, 1.807) is 0 Å². The van der Waals surface area contributed by atoms with Crippen LogP contribution in [-0.4, -0.2) is 96.9 Å². The fourth-order valence-electron chi connectivity index (χ4n) is 3.28. The average molecular weight is 515 g/mol. The predicted octanol–water partition coefficient (Wildman–Crippen LogP) is 3.91. The first-order valence-corrected chi connectivity index (χ1v) is 16.5. The minimum absolute atomic E-state index is 0.561. The normalized spacial score (nSPS) is 12.5. The Bertz CT molecular complexity index is 349. The van der Waals surface area contributed by atoms with Crippen LogP contribution >= 0.6 is 0 Å². The van der Waals surface area contributed by atoms with E-state index in [1.807, 2.05) is 41.5 Å². The quantitative estimate of drug-likeness (QED) is 0.126. The maximum atomic E-state index is 5.85. The Labute approximate surface area is 204 Å². The molecule has 0 rings (SSSR count). The van der Waals surface area contributed by atoms with Gasteiger partial charge in [0.2, 0.25) is 0 Å². The third-order valence-corrected chi connectivity index (χ3v) is 10.6. The molecule has 0 aromatic heterocycles. The Balaban J connectivity index is 3.79. The van der Waals surface area contributed by atoms with Crippen molar-refractivity contribution in [3.8, 4) is 0 Å². The summed E-state index contributed by atoms with van der Waals surface area (Å²) in [5.74, 6) is 0. The van der Waals surface area contributed by atoms with Gasteiger partial charge in [-0.25, -0.2) is 0 Å². The second-order valence-corrected chi connectivity index (χ2v) is 12.5. The molecule has 9 nitrogen and oxygen atoms in total. The van der Waals surface area contributed by atoms with Crippen LogP contribution in [0.4, 0.5) is 0 Å². The first-order valence-electron chi connectivity index (χ1n) is 12.6. The molecule has 0 spiro atoms. The molecule has 200 valence electrons. The first-order chi connectivity index (χ1) is 16.1. The summed E-state index contributed by atoms with van der Waals surface area (Å²) in [6.07, 6.45) is 1.67. The Morgan fingerprint density at radius 1 is 0.364 bits per heavy atom. The van der Waals surface area contributed by atoms with Gasteiger partial charge in [0.05, 0.1) is 19.8 Å². The van der Waals surface area contributed by atoms with Crippen molar-refractivity contribution >= 4 is 17.6 Å². The van der Waals surface area contributed by atoms with E-state index >= 15 is 0 Å². The van der Waals surface area contributed by atoms with Gasteiger partial charge in [-0.15, -0.1) is 0 Å². The molecule has 0 amide bonds. The lowest BCUT2D eigenvalue weighted by Gasteiger charge is -2.28. The van der Waals surface area contributed by atoms with Crippen molar-refractivity contribution in [1.29, 1.82) is 0 Å². The second kappa shape index (κ2) is 22.5. The van der Waals surface area contributed by atoms with Crippen molar-refractivity contribution in [2.75, 3.05) is 79.3 Å². The molecule has 0 aromatic rings. The maximum absolute atomic E-state index is 5.85. The fraction of sp³-hybridized carbons (Fsp3) is 1.00. The smallest absolute Gasteiger partial charge is 0.381 e. The highest BCUT2D eigenvalue weighted by Crippen LogP contribution is 2.18. The maximum Gasteiger partial charge on any atom is 0.503 e. The standard InChI is InChI=1S/C22H50O9Si2/c1-7-26-32(27-8-2,28-9-3)21-14-17-24-19-18-23-15-13-16-25-20-22-33(29-10-4,30-11-5)31-12-6/h7-22H2,1-6H3. The highest BCUT2D eigenvalue weighted by molar-refractivity contribution is 6.61. The van der Waals surface area contributed by atoms with Crippen molar-refractivity contribution < 1.29 is 40.8 Å². The van der Waals surface area contributed by atoms with E-state index in [2.05, 4.69) is 0 Å².